The van der Waals surface area contributed by atoms with Gasteiger partial charge in [0.1, 0.15) is 0 Å². The van der Waals surface area contributed by atoms with Gasteiger partial charge in [-0.2, -0.15) is 13.2 Å². The van der Waals surface area contributed by atoms with Gasteiger partial charge in [0.2, 0.25) is 0 Å². The van der Waals surface area contributed by atoms with Gasteiger partial charge in [0.25, 0.3) is 0 Å². The molecule has 0 aromatic heterocycles. The predicted octanol–water partition coefficient (Wildman–Crippen LogP) is 4.11. The third-order valence-corrected chi connectivity index (χ3v) is 4.55. The second-order valence-corrected chi connectivity index (χ2v) is 6.65. The summed E-state index contributed by atoms with van der Waals surface area (Å²) in [5.74, 6) is -1.25. The molecule has 0 saturated carbocycles. The van der Waals surface area contributed by atoms with Crippen LogP contribution in [0.25, 0.3) is 0 Å². The molecule has 3 atom stereocenters. The molecule has 0 spiro atoms. The molecule has 1 aromatic carbocycles. The van der Waals surface area contributed by atoms with E-state index in [-0.39, 0.29) is 25.0 Å². The van der Waals surface area contributed by atoms with Crippen LogP contribution in [0, 0.1) is 5.92 Å². The van der Waals surface area contributed by atoms with Gasteiger partial charge >= 0.3 is 6.18 Å². The van der Waals surface area contributed by atoms with E-state index in [0.29, 0.717) is 13.0 Å². The minimum atomic E-state index is -4.12. The summed E-state index contributed by atoms with van der Waals surface area (Å²) >= 11 is 3.37. The number of hydrogen-bond acceptors (Lipinski definition) is 2. The fourth-order valence-electron chi connectivity index (χ4n) is 3.03. The molecule has 1 heterocycles. The Morgan fingerprint density at radius 2 is 1.90 bits per heavy atom. The van der Waals surface area contributed by atoms with Crippen LogP contribution in [0.5, 0.6) is 0 Å². The molecule has 3 unspecified atom stereocenters. The minimum Gasteiger partial charge on any atom is -0.326 e. The van der Waals surface area contributed by atoms with Crippen molar-refractivity contribution in [2.24, 2.45) is 11.7 Å². The summed E-state index contributed by atoms with van der Waals surface area (Å²) in [5.41, 5.74) is 7.03. The van der Waals surface area contributed by atoms with Gasteiger partial charge in [-0.3, -0.25) is 4.90 Å². The molecule has 2 rings (SSSR count). The van der Waals surface area contributed by atoms with Crippen LogP contribution in [0.3, 0.4) is 0 Å². The molecule has 1 aliphatic rings. The second kappa shape index (κ2) is 6.67. The van der Waals surface area contributed by atoms with E-state index >= 15 is 0 Å². The van der Waals surface area contributed by atoms with E-state index in [1.165, 1.54) is 0 Å². The van der Waals surface area contributed by atoms with Crippen molar-refractivity contribution >= 4 is 15.9 Å². The Bertz CT molecular complexity index is 459. The van der Waals surface area contributed by atoms with Gasteiger partial charge in [-0.25, -0.2) is 0 Å². The highest BCUT2D eigenvalue weighted by Crippen LogP contribution is 2.36. The highest BCUT2D eigenvalue weighted by atomic mass is 79.9. The Kier molecular flexibility index (Phi) is 5.33. The molecule has 1 aliphatic heterocycles. The number of halogens is 4. The van der Waals surface area contributed by atoms with Gasteiger partial charge in [-0.05, 0) is 44.0 Å². The van der Waals surface area contributed by atoms with Crippen LogP contribution in [0.15, 0.2) is 28.7 Å². The summed E-state index contributed by atoms with van der Waals surface area (Å²) in [7, 11) is 0. The number of piperidine rings is 1. The lowest BCUT2D eigenvalue weighted by atomic mass is 9.92. The smallest absolute Gasteiger partial charge is 0.326 e. The number of rotatable bonds is 3. The SMILES string of the molecule is CC(N)C(c1ccc(Br)cc1)N1CCCC(C(F)(F)F)C1. The van der Waals surface area contributed by atoms with Gasteiger partial charge in [0, 0.05) is 23.1 Å². The maximum atomic E-state index is 13.0. The van der Waals surface area contributed by atoms with Gasteiger partial charge < -0.3 is 5.73 Å². The lowest BCUT2D eigenvalue weighted by Crippen LogP contribution is -2.47. The average molecular weight is 365 g/mol. The van der Waals surface area contributed by atoms with Crippen molar-refractivity contribution in [3.63, 3.8) is 0 Å². The molecular formula is C15H20BrF3N2. The summed E-state index contributed by atoms with van der Waals surface area (Å²) in [5, 5.41) is 0. The van der Waals surface area contributed by atoms with E-state index in [9.17, 15) is 13.2 Å². The molecule has 118 valence electrons. The summed E-state index contributed by atoms with van der Waals surface area (Å²) in [4.78, 5) is 1.88. The zero-order valence-electron chi connectivity index (χ0n) is 11.9. The largest absolute Gasteiger partial charge is 0.393 e. The number of nitrogens with two attached hydrogens (primary N) is 1. The molecule has 1 aromatic rings. The van der Waals surface area contributed by atoms with E-state index in [1.54, 1.807) is 0 Å². The average Bonchev–Trinajstić information content (AvgIpc) is 2.40. The Morgan fingerprint density at radius 1 is 1.29 bits per heavy atom. The van der Waals surface area contributed by atoms with E-state index < -0.39 is 12.1 Å². The number of benzene rings is 1. The Morgan fingerprint density at radius 3 is 2.43 bits per heavy atom. The molecule has 6 heteroatoms. The fourth-order valence-corrected chi connectivity index (χ4v) is 3.30. The normalized spacial score (nSPS) is 23.8. The maximum Gasteiger partial charge on any atom is 0.393 e. The Balaban J connectivity index is 2.20. The molecule has 0 amide bonds. The molecule has 21 heavy (non-hydrogen) atoms. The van der Waals surface area contributed by atoms with Crippen molar-refractivity contribution in [1.82, 2.24) is 4.90 Å². The summed E-state index contributed by atoms with van der Waals surface area (Å²) in [6, 6.07) is 7.25. The van der Waals surface area contributed by atoms with Gasteiger partial charge in [-0.1, -0.05) is 28.1 Å². The molecule has 0 aliphatic carbocycles. The molecule has 0 bridgehead atoms. The first-order chi connectivity index (χ1) is 9.79. The first-order valence-corrected chi connectivity index (χ1v) is 7.90. The molecular weight excluding hydrogens is 345 g/mol. The van der Waals surface area contributed by atoms with Crippen LogP contribution in [0.1, 0.15) is 31.4 Å². The first-order valence-electron chi connectivity index (χ1n) is 7.11. The topological polar surface area (TPSA) is 29.3 Å². The van der Waals surface area contributed by atoms with Crippen molar-refractivity contribution in [2.45, 2.75) is 38.0 Å². The van der Waals surface area contributed by atoms with Crippen molar-refractivity contribution in [1.29, 1.82) is 0 Å². The van der Waals surface area contributed by atoms with Crippen molar-refractivity contribution in [3.05, 3.63) is 34.3 Å². The van der Waals surface area contributed by atoms with Crippen LogP contribution in [-0.2, 0) is 0 Å². The lowest BCUT2D eigenvalue weighted by molar-refractivity contribution is -0.189. The monoisotopic (exact) mass is 364 g/mol. The van der Waals surface area contributed by atoms with E-state index in [4.69, 9.17) is 5.73 Å². The summed E-state index contributed by atoms with van der Waals surface area (Å²) < 4.78 is 39.9. The predicted molar refractivity (Wildman–Crippen MR) is 80.9 cm³/mol. The highest BCUT2D eigenvalue weighted by Gasteiger charge is 2.43. The minimum absolute atomic E-state index is 0.0335. The number of nitrogens with zero attached hydrogens (tertiary/aromatic N) is 1. The third kappa shape index (κ3) is 4.20. The van der Waals surface area contributed by atoms with Crippen molar-refractivity contribution in [3.8, 4) is 0 Å². The lowest BCUT2D eigenvalue weighted by Gasteiger charge is -2.40. The van der Waals surface area contributed by atoms with Crippen LogP contribution < -0.4 is 5.73 Å². The summed E-state index contributed by atoms with van der Waals surface area (Å²) in [6.45, 7) is 2.55. The molecule has 2 N–H and O–H groups in total. The molecule has 0 radical (unpaired) electrons. The van der Waals surface area contributed by atoms with Gasteiger partial charge in [-0.15, -0.1) is 0 Å². The van der Waals surface area contributed by atoms with E-state index in [0.717, 1.165) is 10.0 Å². The number of hydrogen-bond donors (Lipinski definition) is 1. The first kappa shape index (κ1) is 16.8. The van der Waals surface area contributed by atoms with E-state index in [1.807, 2.05) is 36.1 Å². The van der Waals surface area contributed by atoms with Crippen molar-refractivity contribution in [2.75, 3.05) is 13.1 Å². The Hall–Kier alpha value is -0.590. The quantitative estimate of drug-likeness (QED) is 0.874. The van der Waals surface area contributed by atoms with Crippen LogP contribution >= 0.6 is 15.9 Å². The molecule has 1 saturated heterocycles. The third-order valence-electron chi connectivity index (χ3n) is 4.02. The highest BCUT2D eigenvalue weighted by molar-refractivity contribution is 9.10. The maximum absolute atomic E-state index is 13.0. The standard InChI is InChI=1S/C15H20BrF3N2/c1-10(20)14(11-4-6-13(16)7-5-11)21-8-2-3-12(9-21)15(17,18)19/h4-7,10,12,14H,2-3,8-9,20H2,1H3. The van der Waals surface area contributed by atoms with Crippen molar-refractivity contribution < 1.29 is 13.2 Å². The molecule has 2 nitrogen and oxygen atoms in total. The second-order valence-electron chi connectivity index (χ2n) is 5.73. The van der Waals surface area contributed by atoms with Crippen LogP contribution in [0.4, 0.5) is 13.2 Å². The van der Waals surface area contributed by atoms with Gasteiger partial charge in [0.05, 0.1) is 5.92 Å². The molecule has 1 fully saturated rings. The summed E-state index contributed by atoms with van der Waals surface area (Å²) in [6.07, 6.45) is -3.35. The van der Waals surface area contributed by atoms with Crippen LogP contribution in [-0.4, -0.2) is 30.2 Å². The Labute approximate surface area is 131 Å². The van der Waals surface area contributed by atoms with Gasteiger partial charge in [0.15, 0.2) is 0 Å². The van der Waals surface area contributed by atoms with E-state index in [2.05, 4.69) is 15.9 Å². The zero-order valence-corrected chi connectivity index (χ0v) is 13.5. The number of alkyl halides is 3. The zero-order chi connectivity index (χ0) is 15.6. The van der Waals surface area contributed by atoms with Crippen LogP contribution in [0.2, 0.25) is 0 Å². The number of likely N-dealkylation sites (tertiary alicyclic amines) is 1. The fraction of sp³-hybridized carbons (Fsp3) is 0.600.